The molecule has 25 heavy (non-hydrogen) atoms. The van der Waals surface area contributed by atoms with Gasteiger partial charge >= 0.3 is 6.03 Å². The molecule has 2 saturated heterocycles. The van der Waals surface area contributed by atoms with Crippen LogP contribution in [-0.4, -0.2) is 60.0 Å². The van der Waals surface area contributed by atoms with Gasteiger partial charge in [0.15, 0.2) is 0 Å². The topological polar surface area (TPSA) is 64.7 Å². The van der Waals surface area contributed by atoms with Crippen LogP contribution in [0.1, 0.15) is 37.3 Å². The molecular weight excluding hydrogens is 316 g/mol. The summed E-state index contributed by atoms with van der Waals surface area (Å²) in [6, 6.07) is 10.8. The molecule has 3 atom stereocenters. The standard InChI is InChI=1S/C19H26N4O2/c1-22-10-9-16(18(22)13-5-3-2-4-6-13)21-19(25)20-14-11-17(24)23(12-14)15-7-8-15/h2-6,14-16,18H,7-12H2,1H3,(H2,20,21,25)/t14?,16-,18+/m1/s1. The summed E-state index contributed by atoms with van der Waals surface area (Å²) in [5, 5.41) is 6.14. The zero-order valence-corrected chi connectivity index (χ0v) is 14.6. The minimum Gasteiger partial charge on any atom is -0.338 e. The van der Waals surface area contributed by atoms with Gasteiger partial charge in [-0.25, -0.2) is 4.79 Å². The van der Waals surface area contributed by atoms with Crippen LogP contribution in [0.4, 0.5) is 4.79 Å². The van der Waals surface area contributed by atoms with E-state index in [9.17, 15) is 9.59 Å². The van der Waals surface area contributed by atoms with Gasteiger partial charge in [-0.2, -0.15) is 0 Å². The molecule has 1 aromatic carbocycles. The van der Waals surface area contributed by atoms with Gasteiger partial charge in [0.2, 0.25) is 5.91 Å². The van der Waals surface area contributed by atoms with Gasteiger partial charge in [0, 0.05) is 25.6 Å². The highest BCUT2D eigenvalue weighted by Crippen LogP contribution is 2.32. The maximum absolute atomic E-state index is 12.5. The van der Waals surface area contributed by atoms with Crippen molar-refractivity contribution in [3.8, 4) is 0 Å². The highest BCUT2D eigenvalue weighted by atomic mass is 16.2. The molecule has 1 aliphatic carbocycles. The van der Waals surface area contributed by atoms with Crippen LogP contribution in [0.2, 0.25) is 0 Å². The molecule has 0 bridgehead atoms. The van der Waals surface area contributed by atoms with Gasteiger partial charge < -0.3 is 15.5 Å². The minimum absolute atomic E-state index is 0.0672. The monoisotopic (exact) mass is 342 g/mol. The van der Waals surface area contributed by atoms with Gasteiger partial charge in [-0.05, 0) is 31.9 Å². The Balaban J connectivity index is 1.35. The maximum atomic E-state index is 12.5. The molecule has 2 heterocycles. The predicted molar refractivity (Wildman–Crippen MR) is 95.0 cm³/mol. The first-order chi connectivity index (χ1) is 12.1. The minimum atomic E-state index is -0.156. The quantitative estimate of drug-likeness (QED) is 0.871. The molecule has 6 heteroatoms. The first-order valence-corrected chi connectivity index (χ1v) is 9.23. The normalized spacial score (nSPS) is 29.9. The Bertz CT molecular complexity index is 646. The number of nitrogens with one attached hydrogen (secondary N) is 2. The lowest BCUT2D eigenvalue weighted by atomic mass is 10.0. The van der Waals surface area contributed by atoms with Crippen molar-refractivity contribution in [2.75, 3.05) is 20.1 Å². The van der Waals surface area contributed by atoms with Crippen molar-refractivity contribution in [1.82, 2.24) is 20.4 Å². The number of carbonyl (C=O) groups is 2. The first-order valence-electron chi connectivity index (χ1n) is 9.23. The number of nitrogens with zero attached hydrogens (tertiary/aromatic N) is 2. The fourth-order valence-corrected chi connectivity index (χ4v) is 4.20. The van der Waals surface area contributed by atoms with E-state index in [0.29, 0.717) is 19.0 Å². The van der Waals surface area contributed by atoms with E-state index in [4.69, 9.17) is 0 Å². The molecular formula is C19H26N4O2. The molecule has 3 fully saturated rings. The van der Waals surface area contributed by atoms with Crippen LogP contribution in [0.15, 0.2) is 30.3 Å². The Morgan fingerprint density at radius 1 is 1.12 bits per heavy atom. The average Bonchev–Trinajstić information content (AvgIpc) is 3.28. The summed E-state index contributed by atoms with van der Waals surface area (Å²) >= 11 is 0. The summed E-state index contributed by atoms with van der Waals surface area (Å²) in [6.07, 6.45) is 3.58. The molecule has 2 N–H and O–H groups in total. The molecule has 4 rings (SSSR count). The predicted octanol–water partition coefficient (Wildman–Crippen LogP) is 1.49. The van der Waals surface area contributed by atoms with Crippen molar-refractivity contribution in [2.45, 2.75) is 49.9 Å². The summed E-state index contributed by atoms with van der Waals surface area (Å²) in [4.78, 5) is 28.7. The van der Waals surface area contributed by atoms with E-state index < -0.39 is 0 Å². The van der Waals surface area contributed by atoms with Gasteiger partial charge in [-0.1, -0.05) is 30.3 Å². The largest absolute Gasteiger partial charge is 0.338 e. The molecule has 134 valence electrons. The lowest BCUT2D eigenvalue weighted by Crippen LogP contribution is -2.48. The fourth-order valence-electron chi connectivity index (χ4n) is 4.20. The summed E-state index contributed by atoms with van der Waals surface area (Å²) < 4.78 is 0. The van der Waals surface area contributed by atoms with Crippen LogP contribution in [0.25, 0.3) is 0 Å². The van der Waals surface area contributed by atoms with Crippen LogP contribution in [0.5, 0.6) is 0 Å². The van der Waals surface area contributed by atoms with Crippen LogP contribution in [0.3, 0.4) is 0 Å². The van der Waals surface area contributed by atoms with E-state index in [1.807, 2.05) is 23.1 Å². The molecule has 0 spiro atoms. The van der Waals surface area contributed by atoms with Crippen molar-refractivity contribution >= 4 is 11.9 Å². The van der Waals surface area contributed by atoms with Crippen LogP contribution in [-0.2, 0) is 4.79 Å². The van der Waals surface area contributed by atoms with E-state index in [-0.39, 0.29) is 30.1 Å². The van der Waals surface area contributed by atoms with Crippen molar-refractivity contribution in [3.05, 3.63) is 35.9 Å². The molecule has 1 aromatic rings. The van der Waals surface area contributed by atoms with Crippen molar-refractivity contribution in [2.24, 2.45) is 0 Å². The van der Waals surface area contributed by atoms with Crippen molar-refractivity contribution < 1.29 is 9.59 Å². The molecule has 1 unspecified atom stereocenters. The van der Waals surface area contributed by atoms with E-state index in [2.05, 4.69) is 34.7 Å². The highest BCUT2D eigenvalue weighted by molar-refractivity contribution is 5.82. The number of likely N-dealkylation sites (tertiary alicyclic amines) is 2. The fraction of sp³-hybridized carbons (Fsp3) is 0.579. The van der Waals surface area contributed by atoms with Crippen molar-refractivity contribution in [1.29, 1.82) is 0 Å². The number of carbonyl (C=O) groups excluding carboxylic acids is 2. The maximum Gasteiger partial charge on any atom is 0.315 e. The molecule has 3 amide bonds. The smallest absolute Gasteiger partial charge is 0.315 e. The summed E-state index contributed by atoms with van der Waals surface area (Å²) in [5.41, 5.74) is 1.23. The number of urea groups is 1. The van der Waals surface area contributed by atoms with E-state index >= 15 is 0 Å². The lowest BCUT2D eigenvalue weighted by molar-refractivity contribution is -0.128. The number of rotatable bonds is 4. The number of hydrogen-bond donors (Lipinski definition) is 2. The van der Waals surface area contributed by atoms with E-state index in [1.54, 1.807) is 0 Å². The van der Waals surface area contributed by atoms with Gasteiger partial charge in [-0.15, -0.1) is 0 Å². The number of likely N-dealkylation sites (N-methyl/N-ethyl adjacent to an activating group) is 1. The van der Waals surface area contributed by atoms with Gasteiger partial charge in [0.25, 0.3) is 0 Å². The molecule has 6 nitrogen and oxygen atoms in total. The highest BCUT2D eigenvalue weighted by Gasteiger charge is 2.40. The Hall–Kier alpha value is -2.08. The van der Waals surface area contributed by atoms with Crippen LogP contribution >= 0.6 is 0 Å². The zero-order chi connectivity index (χ0) is 17.4. The van der Waals surface area contributed by atoms with Gasteiger partial charge in [-0.3, -0.25) is 9.69 Å². The van der Waals surface area contributed by atoms with E-state index in [0.717, 1.165) is 25.8 Å². The Labute approximate surface area is 148 Å². The van der Waals surface area contributed by atoms with Crippen LogP contribution < -0.4 is 10.6 Å². The summed E-state index contributed by atoms with van der Waals surface area (Å²) in [6.45, 7) is 1.62. The first kappa shape index (κ1) is 16.4. The van der Waals surface area contributed by atoms with Crippen molar-refractivity contribution in [3.63, 3.8) is 0 Å². The third-order valence-corrected chi connectivity index (χ3v) is 5.59. The second-order valence-electron chi connectivity index (χ2n) is 7.53. The average molecular weight is 342 g/mol. The third-order valence-electron chi connectivity index (χ3n) is 5.59. The molecule has 3 aliphatic rings. The van der Waals surface area contributed by atoms with Gasteiger partial charge in [0.05, 0.1) is 18.1 Å². The SMILES string of the molecule is CN1CC[C@@H](NC(=O)NC2CC(=O)N(C3CC3)C2)[C@@H]1c1ccccc1. The molecule has 1 saturated carbocycles. The summed E-state index contributed by atoms with van der Waals surface area (Å²) in [7, 11) is 2.10. The Morgan fingerprint density at radius 3 is 2.60 bits per heavy atom. The number of amides is 3. The second kappa shape index (κ2) is 6.67. The number of benzene rings is 1. The van der Waals surface area contributed by atoms with Gasteiger partial charge in [0.1, 0.15) is 0 Å². The van der Waals surface area contributed by atoms with Crippen LogP contribution in [0, 0.1) is 0 Å². The third kappa shape index (κ3) is 3.49. The number of hydrogen-bond acceptors (Lipinski definition) is 3. The lowest BCUT2D eigenvalue weighted by Gasteiger charge is -2.26. The Morgan fingerprint density at radius 2 is 1.88 bits per heavy atom. The molecule has 0 aromatic heterocycles. The zero-order valence-electron chi connectivity index (χ0n) is 14.6. The Kier molecular flexibility index (Phi) is 4.37. The summed E-state index contributed by atoms with van der Waals surface area (Å²) in [5.74, 6) is 0.176. The second-order valence-corrected chi connectivity index (χ2v) is 7.53. The molecule has 2 aliphatic heterocycles. The van der Waals surface area contributed by atoms with E-state index in [1.165, 1.54) is 5.56 Å². The molecule has 0 radical (unpaired) electrons.